The Labute approximate surface area is 147 Å². The number of oxime groups is 1. The van der Waals surface area contributed by atoms with Gasteiger partial charge >= 0.3 is 0 Å². The first-order valence-corrected chi connectivity index (χ1v) is 8.83. The molecule has 4 heterocycles. The van der Waals surface area contributed by atoms with E-state index in [4.69, 9.17) is 23.8 Å². The third kappa shape index (κ3) is 1.86. The first-order chi connectivity index (χ1) is 12.0. The highest BCUT2D eigenvalue weighted by molar-refractivity contribution is 6.06. The predicted octanol–water partition coefficient (Wildman–Crippen LogP) is 2.22. The topological polar surface area (TPSA) is 58.5 Å². The quantitative estimate of drug-likeness (QED) is 0.823. The number of hydrogen-bond acceptors (Lipinski definition) is 6. The lowest BCUT2D eigenvalue weighted by atomic mass is 9.75. The maximum absolute atomic E-state index is 6.25. The number of rotatable bonds is 2. The Hall–Kier alpha value is -1.47. The second-order valence-corrected chi connectivity index (χ2v) is 7.51. The summed E-state index contributed by atoms with van der Waals surface area (Å²) < 4.78 is 24.0. The van der Waals surface area contributed by atoms with E-state index >= 15 is 0 Å². The molecular formula is C19H23NO5. The van der Waals surface area contributed by atoms with Crippen LogP contribution in [0.4, 0.5) is 0 Å². The van der Waals surface area contributed by atoms with Crippen molar-refractivity contribution in [3.8, 4) is 0 Å². The van der Waals surface area contributed by atoms with Gasteiger partial charge in [-0.15, -0.1) is 0 Å². The van der Waals surface area contributed by atoms with Crippen LogP contribution in [0.25, 0.3) is 0 Å². The highest BCUT2D eigenvalue weighted by Gasteiger charge is 2.77. The Kier molecular flexibility index (Phi) is 3.18. The van der Waals surface area contributed by atoms with Gasteiger partial charge in [0.15, 0.2) is 6.10 Å². The summed E-state index contributed by atoms with van der Waals surface area (Å²) in [6, 6.07) is 4.35. The maximum atomic E-state index is 6.25. The highest BCUT2D eigenvalue weighted by Crippen LogP contribution is 2.59. The van der Waals surface area contributed by atoms with Crippen LogP contribution in [0.1, 0.15) is 28.7 Å². The lowest BCUT2D eigenvalue weighted by Gasteiger charge is -2.40. The average molecular weight is 345 g/mol. The minimum atomic E-state index is -0.980. The van der Waals surface area contributed by atoms with Crippen molar-refractivity contribution in [2.45, 2.75) is 51.0 Å². The van der Waals surface area contributed by atoms with Crippen molar-refractivity contribution in [3.63, 3.8) is 0 Å². The fraction of sp³-hybridized carbons (Fsp3) is 0.632. The third-order valence-corrected chi connectivity index (χ3v) is 5.98. The molecule has 6 heteroatoms. The number of methoxy groups -OCH3 is 1. The summed E-state index contributed by atoms with van der Waals surface area (Å²) in [7, 11) is 1.65. The van der Waals surface area contributed by atoms with Crippen LogP contribution in [0.2, 0.25) is 0 Å². The fourth-order valence-corrected chi connectivity index (χ4v) is 5.18. The molecule has 0 radical (unpaired) electrons. The lowest BCUT2D eigenvalue weighted by molar-refractivity contribution is -0.314. The molecule has 0 aliphatic carbocycles. The molecule has 6 nitrogen and oxygen atoms in total. The number of aryl methyl sites for hydroxylation is 3. The normalized spacial score (nSPS) is 37.4. The van der Waals surface area contributed by atoms with Crippen molar-refractivity contribution in [1.29, 1.82) is 0 Å². The summed E-state index contributed by atoms with van der Waals surface area (Å²) in [6.07, 6.45) is 0.152. The SMILES string of the molecule is CO[C@]12ON=C(c3c(C)cc(C)cc3C)[C@H]1[C@H]1CC3(OCCO3)[C@@H]2O1. The van der Waals surface area contributed by atoms with Crippen LogP contribution < -0.4 is 0 Å². The standard InChI is InChI=1S/C19H23NO5/c1-10-7-11(2)14(12(3)8-10)16-15-13-9-18(22-5-6-23-18)17(24-13)19(15,21-4)25-20-16/h7-8,13,15,17H,5-6,9H2,1-4H3/t13-,15-,17+,19+/m1/s1. The van der Waals surface area contributed by atoms with Crippen molar-refractivity contribution < 1.29 is 23.8 Å². The zero-order valence-electron chi connectivity index (χ0n) is 15.0. The van der Waals surface area contributed by atoms with Crippen LogP contribution in [0, 0.1) is 26.7 Å². The van der Waals surface area contributed by atoms with E-state index in [1.807, 2.05) is 0 Å². The van der Waals surface area contributed by atoms with Gasteiger partial charge in [-0.3, -0.25) is 0 Å². The van der Waals surface area contributed by atoms with Crippen molar-refractivity contribution in [2.24, 2.45) is 11.1 Å². The molecule has 0 N–H and O–H groups in total. The van der Waals surface area contributed by atoms with Gasteiger partial charge in [0.2, 0.25) is 5.79 Å². The molecule has 4 atom stereocenters. The zero-order chi connectivity index (χ0) is 17.4. The van der Waals surface area contributed by atoms with E-state index in [9.17, 15) is 0 Å². The van der Waals surface area contributed by atoms with Gasteiger partial charge in [0, 0.05) is 19.1 Å². The smallest absolute Gasteiger partial charge is 0.279 e. The third-order valence-electron chi connectivity index (χ3n) is 5.98. The number of benzene rings is 1. The molecule has 134 valence electrons. The van der Waals surface area contributed by atoms with Gasteiger partial charge < -0.3 is 23.8 Å². The van der Waals surface area contributed by atoms with Crippen molar-refractivity contribution in [3.05, 3.63) is 34.4 Å². The van der Waals surface area contributed by atoms with Crippen LogP contribution in [-0.4, -0.2) is 49.8 Å². The molecule has 2 bridgehead atoms. The van der Waals surface area contributed by atoms with Crippen molar-refractivity contribution >= 4 is 5.71 Å². The average Bonchev–Trinajstić information content (AvgIpc) is 3.29. The van der Waals surface area contributed by atoms with Crippen LogP contribution in [-0.2, 0) is 23.8 Å². The first kappa shape index (κ1) is 15.8. The van der Waals surface area contributed by atoms with E-state index in [0.29, 0.717) is 19.6 Å². The molecule has 5 rings (SSSR count). The maximum Gasteiger partial charge on any atom is 0.279 e. The predicted molar refractivity (Wildman–Crippen MR) is 89.4 cm³/mol. The van der Waals surface area contributed by atoms with E-state index in [0.717, 1.165) is 11.3 Å². The van der Waals surface area contributed by atoms with Gasteiger partial charge in [-0.2, -0.15) is 0 Å². The molecule has 4 aliphatic rings. The second-order valence-electron chi connectivity index (χ2n) is 7.51. The van der Waals surface area contributed by atoms with E-state index in [1.54, 1.807) is 7.11 Å². The number of ether oxygens (including phenoxy) is 4. The van der Waals surface area contributed by atoms with Gasteiger partial charge in [-0.1, -0.05) is 22.9 Å². The number of hydrogen-bond donors (Lipinski definition) is 0. The van der Waals surface area contributed by atoms with Gasteiger partial charge in [0.1, 0.15) is 11.6 Å². The summed E-state index contributed by atoms with van der Waals surface area (Å²) >= 11 is 0. The van der Waals surface area contributed by atoms with E-state index in [-0.39, 0.29) is 12.0 Å². The minimum Gasteiger partial charge on any atom is -0.361 e. The van der Waals surface area contributed by atoms with Crippen LogP contribution >= 0.6 is 0 Å². The minimum absolute atomic E-state index is 0.0824. The number of nitrogens with zero attached hydrogens (tertiary/aromatic N) is 1. The second kappa shape index (κ2) is 5.04. The monoisotopic (exact) mass is 345 g/mol. The molecule has 1 aromatic rings. The summed E-state index contributed by atoms with van der Waals surface area (Å²) in [5.41, 5.74) is 5.67. The molecule has 0 saturated carbocycles. The molecular weight excluding hydrogens is 322 g/mol. The Balaban J connectivity index is 1.58. The Morgan fingerprint density at radius 3 is 2.44 bits per heavy atom. The van der Waals surface area contributed by atoms with Crippen LogP contribution in [0.5, 0.6) is 0 Å². The van der Waals surface area contributed by atoms with Crippen LogP contribution in [0.3, 0.4) is 0 Å². The zero-order valence-corrected chi connectivity index (χ0v) is 15.0. The van der Waals surface area contributed by atoms with E-state index < -0.39 is 17.7 Å². The van der Waals surface area contributed by atoms with E-state index in [2.05, 4.69) is 38.1 Å². The van der Waals surface area contributed by atoms with Crippen molar-refractivity contribution in [1.82, 2.24) is 0 Å². The summed E-state index contributed by atoms with van der Waals surface area (Å²) in [4.78, 5) is 5.92. The van der Waals surface area contributed by atoms with Gasteiger partial charge in [0.25, 0.3) is 5.79 Å². The highest BCUT2D eigenvalue weighted by atomic mass is 16.8. The Bertz CT molecular complexity index is 746. The number of fused-ring (bicyclic) bond motifs is 6. The molecule has 1 aromatic carbocycles. The molecule has 4 aliphatic heterocycles. The van der Waals surface area contributed by atoms with Crippen LogP contribution in [0.15, 0.2) is 17.3 Å². The first-order valence-electron chi connectivity index (χ1n) is 8.83. The molecule has 0 aromatic heterocycles. The molecule has 1 spiro atoms. The molecule has 0 amide bonds. The van der Waals surface area contributed by atoms with Gasteiger partial charge in [0.05, 0.1) is 19.3 Å². The van der Waals surface area contributed by atoms with Gasteiger partial charge in [-0.25, -0.2) is 0 Å². The van der Waals surface area contributed by atoms with Crippen molar-refractivity contribution in [2.75, 3.05) is 20.3 Å². The summed E-state index contributed by atoms with van der Waals surface area (Å²) in [6.45, 7) is 7.48. The molecule has 3 saturated heterocycles. The van der Waals surface area contributed by atoms with Gasteiger partial charge in [-0.05, 0) is 31.9 Å². The Morgan fingerprint density at radius 2 is 1.80 bits per heavy atom. The molecule has 0 unspecified atom stereocenters. The molecule has 3 fully saturated rings. The summed E-state index contributed by atoms with van der Waals surface area (Å²) in [5.74, 6) is -1.83. The van der Waals surface area contributed by atoms with E-state index in [1.165, 1.54) is 16.7 Å². The molecule has 25 heavy (non-hydrogen) atoms. The Morgan fingerprint density at radius 1 is 1.12 bits per heavy atom. The summed E-state index contributed by atoms with van der Waals surface area (Å²) in [5, 5.41) is 4.48. The lowest BCUT2D eigenvalue weighted by Crippen LogP contribution is -2.61. The fourth-order valence-electron chi connectivity index (χ4n) is 5.18. The largest absolute Gasteiger partial charge is 0.361 e.